The molecule has 19 heavy (non-hydrogen) atoms. The van der Waals surface area contributed by atoms with Gasteiger partial charge in [0, 0.05) is 17.6 Å². The number of rotatable bonds is 5. The molecule has 1 heterocycles. The van der Waals surface area contributed by atoms with Crippen LogP contribution in [0.4, 0.5) is 0 Å². The third-order valence-corrected chi connectivity index (χ3v) is 3.74. The Morgan fingerprint density at radius 1 is 1.21 bits per heavy atom. The van der Waals surface area contributed by atoms with E-state index in [0.717, 1.165) is 18.5 Å². The highest BCUT2D eigenvalue weighted by Gasteiger charge is 2.24. The number of nitrogens with zero attached hydrogens (tertiary/aromatic N) is 1. The number of benzene rings is 1. The third-order valence-electron chi connectivity index (χ3n) is 3.74. The molecule has 1 unspecified atom stereocenters. The second-order valence-corrected chi connectivity index (χ2v) is 5.92. The Labute approximate surface area is 116 Å². The molecule has 0 aliphatic rings. The fraction of sp³-hybridized carbons (Fsp3) is 0.471. The Morgan fingerprint density at radius 2 is 2.00 bits per heavy atom. The van der Waals surface area contributed by atoms with Crippen LogP contribution in [0.15, 0.2) is 36.5 Å². The Bertz CT molecular complexity index is 540. The van der Waals surface area contributed by atoms with Gasteiger partial charge in [0.1, 0.15) is 0 Å². The first-order valence-corrected chi connectivity index (χ1v) is 7.12. The minimum absolute atomic E-state index is 0.143. The van der Waals surface area contributed by atoms with Crippen molar-refractivity contribution in [2.45, 2.75) is 45.6 Å². The summed E-state index contributed by atoms with van der Waals surface area (Å²) >= 11 is 0. The zero-order valence-corrected chi connectivity index (χ0v) is 12.4. The van der Waals surface area contributed by atoms with Crippen LogP contribution < -0.4 is 5.32 Å². The van der Waals surface area contributed by atoms with E-state index in [1.807, 2.05) is 12.3 Å². The summed E-state index contributed by atoms with van der Waals surface area (Å²) in [6.07, 6.45) is 2.98. The van der Waals surface area contributed by atoms with Gasteiger partial charge in [-0.15, -0.1) is 0 Å². The fourth-order valence-electron chi connectivity index (χ4n) is 2.99. The van der Waals surface area contributed by atoms with E-state index in [2.05, 4.69) is 62.3 Å². The largest absolute Gasteiger partial charge is 0.315 e. The van der Waals surface area contributed by atoms with Crippen molar-refractivity contribution in [2.75, 3.05) is 6.54 Å². The van der Waals surface area contributed by atoms with Gasteiger partial charge in [-0.3, -0.25) is 4.98 Å². The molecule has 0 amide bonds. The molecule has 2 nitrogen and oxygen atoms in total. The lowest BCUT2D eigenvalue weighted by atomic mass is 9.77. The van der Waals surface area contributed by atoms with Crippen LogP contribution in [0.5, 0.6) is 0 Å². The average Bonchev–Trinajstić information content (AvgIpc) is 2.37. The van der Waals surface area contributed by atoms with Crippen LogP contribution in [-0.4, -0.2) is 17.6 Å². The topological polar surface area (TPSA) is 24.9 Å². The zero-order valence-electron chi connectivity index (χ0n) is 12.4. The lowest BCUT2D eigenvalue weighted by molar-refractivity contribution is 0.396. The summed E-state index contributed by atoms with van der Waals surface area (Å²) in [4.78, 5) is 4.46. The molecule has 0 saturated carbocycles. The maximum absolute atomic E-state index is 4.46. The summed E-state index contributed by atoms with van der Waals surface area (Å²) in [5, 5.41) is 4.78. The van der Waals surface area contributed by atoms with E-state index in [4.69, 9.17) is 0 Å². The Balaban J connectivity index is 2.37. The summed E-state index contributed by atoms with van der Waals surface area (Å²) in [5.74, 6) is 0. The van der Waals surface area contributed by atoms with E-state index < -0.39 is 0 Å². The van der Waals surface area contributed by atoms with Gasteiger partial charge < -0.3 is 5.32 Å². The smallest absolute Gasteiger partial charge is 0.0704 e. The molecule has 0 spiro atoms. The molecule has 0 bridgehead atoms. The van der Waals surface area contributed by atoms with Crippen molar-refractivity contribution in [3.05, 3.63) is 42.1 Å². The van der Waals surface area contributed by atoms with E-state index in [-0.39, 0.29) is 5.41 Å². The number of hydrogen-bond donors (Lipinski definition) is 1. The van der Waals surface area contributed by atoms with Crippen molar-refractivity contribution in [1.29, 1.82) is 0 Å². The van der Waals surface area contributed by atoms with Crippen LogP contribution in [0, 0.1) is 0 Å². The van der Waals surface area contributed by atoms with Crippen molar-refractivity contribution < 1.29 is 0 Å². The van der Waals surface area contributed by atoms with Crippen LogP contribution in [0.25, 0.3) is 10.9 Å². The van der Waals surface area contributed by atoms with Gasteiger partial charge in [-0.1, -0.05) is 39.0 Å². The van der Waals surface area contributed by atoms with Gasteiger partial charge in [-0.05, 0) is 43.0 Å². The van der Waals surface area contributed by atoms with E-state index in [1.165, 1.54) is 10.9 Å². The van der Waals surface area contributed by atoms with E-state index in [9.17, 15) is 0 Å². The molecule has 0 saturated heterocycles. The third kappa shape index (κ3) is 3.13. The van der Waals surface area contributed by atoms with Crippen LogP contribution in [0.2, 0.25) is 0 Å². The van der Waals surface area contributed by atoms with Crippen LogP contribution >= 0.6 is 0 Å². The molecule has 0 radical (unpaired) electrons. The minimum atomic E-state index is 0.143. The number of nitrogens with one attached hydrogen (secondary N) is 1. The molecule has 0 aliphatic carbocycles. The van der Waals surface area contributed by atoms with E-state index >= 15 is 0 Å². The molecule has 2 heteroatoms. The first-order chi connectivity index (χ1) is 9.04. The van der Waals surface area contributed by atoms with Crippen LogP contribution in [-0.2, 0) is 5.41 Å². The molecular weight excluding hydrogens is 232 g/mol. The molecule has 2 aromatic rings. The van der Waals surface area contributed by atoms with E-state index in [0.29, 0.717) is 6.04 Å². The Morgan fingerprint density at radius 3 is 2.74 bits per heavy atom. The zero-order chi connectivity index (χ0) is 13.9. The van der Waals surface area contributed by atoms with E-state index in [1.54, 1.807) is 0 Å². The van der Waals surface area contributed by atoms with Gasteiger partial charge in [0.15, 0.2) is 0 Å². The fourth-order valence-corrected chi connectivity index (χ4v) is 2.99. The van der Waals surface area contributed by atoms with Crippen molar-refractivity contribution >= 4 is 10.9 Å². The lowest BCUT2D eigenvalue weighted by Gasteiger charge is -2.30. The highest BCUT2D eigenvalue weighted by atomic mass is 14.9. The number of aromatic nitrogens is 1. The van der Waals surface area contributed by atoms with Crippen molar-refractivity contribution in [3.63, 3.8) is 0 Å². The SMILES string of the molecule is CCNC(C)CC(C)(C)c1cccc2ncccc12. The van der Waals surface area contributed by atoms with Gasteiger partial charge >= 0.3 is 0 Å². The molecule has 102 valence electrons. The summed E-state index contributed by atoms with van der Waals surface area (Å²) in [7, 11) is 0. The molecule has 0 fully saturated rings. The van der Waals surface area contributed by atoms with Crippen molar-refractivity contribution in [1.82, 2.24) is 10.3 Å². The summed E-state index contributed by atoms with van der Waals surface area (Å²) in [6, 6.07) is 11.2. The molecular formula is C17H24N2. The van der Waals surface area contributed by atoms with Crippen LogP contribution in [0.1, 0.15) is 39.7 Å². The maximum Gasteiger partial charge on any atom is 0.0704 e. The number of hydrogen-bond acceptors (Lipinski definition) is 2. The Hall–Kier alpha value is -1.41. The second-order valence-electron chi connectivity index (χ2n) is 5.92. The van der Waals surface area contributed by atoms with Crippen LogP contribution in [0.3, 0.4) is 0 Å². The summed E-state index contributed by atoms with van der Waals surface area (Å²) in [6.45, 7) is 10.1. The molecule has 1 N–H and O–H groups in total. The van der Waals surface area contributed by atoms with Crippen molar-refractivity contribution in [2.24, 2.45) is 0 Å². The lowest BCUT2D eigenvalue weighted by Crippen LogP contribution is -2.33. The molecule has 1 aromatic heterocycles. The monoisotopic (exact) mass is 256 g/mol. The van der Waals surface area contributed by atoms with Gasteiger partial charge in [-0.2, -0.15) is 0 Å². The van der Waals surface area contributed by atoms with Crippen molar-refractivity contribution in [3.8, 4) is 0 Å². The predicted molar refractivity (Wildman–Crippen MR) is 82.5 cm³/mol. The second kappa shape index (κ2) is 5.70. The highest BCUT2D eigenvalue weighted by molar-refractivity contribution is 5.83. The molecule has 1 aromatic carbocycles. The first-order valence-electron chi connectivity index (χ1n) is 7.12. The molecule has 2 rings (SSSR count). The van der Waals surface area contributed by atoms with Gasteiger partial charge in [0.25, 0.3) is 0 Å². The quantitative estimate of drug-likeness (QED) is 0.877. The highest BCUT2D eigenvalue weighted by Crippen LogP contribution is 2.33. The first kappa shape index (κ1) is 14.0. The number of fused-ring (bicyclic) bond motifs is 1. The number of pyridine rings is 1. The summed E-state index contributed by atoms with van der Waals surface area (Å²) < 4.78 is 0. The summed E-state index contributed by atoms with van der Waals surface area (Å²) in [5.41, 5.74) is 2.62. The maximum atomic E-state index is 4.46. The predicted octanol–water partition coefficient (Wildman–Crippen LogP) is 3.90. The molecule has 1 atom stereocenters. The average molecular weight is 256 g/mol. The Kier molecular flexibility index (Phi) is 4.20. The standard InChI is InChI=1S/C17H24N2/c1-5-18-13(2)12-17(3,4)15-9-6-10-16-14(15)8-7-11-19-16/h6-11,13,18H,5,12H2,1-4H3. The van der Waals surface area contributed by atoms with Gasteiger partial charge in [-0.25, -0.2) is 0 Å². The molecule has 0 aliphatic heterocycles. The minimum Gasteiger partial charge on any atom is -0.315 e. The van der Waals surface area contributed by atoms with Gasteiger partial charge in [0.2, 0.25) is 0 Å². The normalized spacial score (nSPS) is 13.7. The van der Waals surface area contributed by atoms with Gasteiger partial charge in [0.05, 0.1) is 5.52 Å².